The van der Waals surface area contributed by atoms with Gasteiger partial charge in [0.15, 0.2) is 0 Å². The molecule has 1 aromatic rings. The first kappa shape index (κ1) is 11.4. The maximum Gasteiger partial charge on any atom is 0.119 e. The van der Waals surface area contributed by atoms with Crippen LogP contribution in [0.15, 0.2) is 18.2 Å². The molecule has 88 valence electrons. The van der Waals surface area contributed by atoms with Crippen molar-refractivity contribution in [2.45, 2.75) is 12.5 Å². The molecule has 1 aromatic carbocycles. The van der Waals surface area contributed by atoms with E-state index in [1.165, 1.54) is 11.1 Å². The van der Waals surface area contributed by atoms with E-state index >= 15 is 0 Å². The number of methoxy groups -OCH3 is 1. The second-order valence-corrected chi connectivity index (χ2v) is 4.37. The standard InChI is InChI=1S/C13H20N2O/c1-14-9-13-12-5-4-11(16-3)8-10(12)6-7-15(13)2/h4-5,8,13-14H,6-7,9H2,1-3H3. The van der Waals surface area contributed by atoms with Gasteiger partial charge >= 0.3 is 0 Å². The highest BCUT2D eigenvalue weighted by atomic mass is 16.5. The normalized spacial score (nSPS) is 20.6. The number of likely N-dealkylation sites (N-methyl/N-ethyl adjacent to an activating group) is 2. The molecule has 3 heteroatoms. The lowest BCUT2D eigenvalue weighted by molar-refractivity contribution is 0.227. The Morgan fingerprint density at radius 1 is 1.50 bits per heavy atom. The van der Waals surface area contributed by atoms with Gasteiger partial charge < -0.3 is 10.1 Å². The first-order chi connectivity index (χ1) is 7.76. The molecule has 0 fully saturated rings. The van der Waals surface area contributed by atoms with Gasteiger partial charge in [-0.25, -0.2) is 0 Å². The smallest absolute Gasteiger partial charge is 0.119 e. The highest BCUT2D eigenvalue weighted by Crippen LogP contribution is 2.30. The summed E-state index contributed by atoms with van der Waals surface area (Å²) in [6, 6.07) is 6.91. The van der Waals surface area contributed by atoms with Crippen LogP contribution in [0.1, 0.15) is 17.2 Å². The van der Waals surface area contributed by atoms with Crippen LogP contribution in [0, 0.1) is 0 Å². The lowest BCUT2D eigenvalue weighted by Crippen LogP contribution is -2.37. The van der Waals surface area contributed by atoms with Crippen LogP contribution < -0.4 is 10.1 Å². The number of nitrogens with one attached hydrogen (secondary N) is 1. The number of rotatable bonds is 3. The summed E-state index contributed by atoms with van der Waals surface area (Å²) in [5.74, 6) is 0.964. The van der Waals surface area contributed by atoms with Crippen molar-refractivity contribution in [1.29, 1.82) is 0 Å². The van der Waals surface area contributed by atoms with Crippen LogP contribution in [-0.2, 0) is 6.42 Å². The molecule has 0 bridgehead atoms. The zero-order valence-corrected chi connectivity index (χ0v) is 10.3. The van der Waals surface area contributed by atoms with Crippen molar-refractivity contribution in [3.05, 3.63) is 29.3 Å². The van der Waals surface area contributed by atoms with E-state index in [-0.39, 0.29) is 0 Å². The van der Waals surface area contributed by atoms with E-state index in [2.05, 4.69) is 35.5 Å². The monoisotopic (exact) mass is 220 g/mol. The van der Waals surface area contributed by atoms with Crippen LogP contribution in [-0.4, -0.2) is 39.2 Å². The fraction of sp³-hybridized carbons (Fsp3) is 0.538. The van der Waals surface area contributed by atoms with Crippen LogP contribution in [0.3, 0.4) is 0 Å². The van der Waals surface area contributed by atoms with Crippen molar-refractivity contribution in [3.63, 3.8) is 0 Å². The van der Waals surface area contributed by atoms with E-state index in [9.17, 15) is 0 Å². The van der Waals surface area contributed by atoms with Gasteiger partial charge in [-0.1, -0.05) is 6.07 Å². The molecule has 0 saturated heterocycles. The second kappa shape index (κ2) is 4.85. The molecule has 1 atom stereocenters. The molecule has 1 unspecified atom stereocenters. The molecular weight excluding hydrogens is 200 g/mol. The Labute approximate surface area is 97.4 Å². The fourth-order valence-electron chi connectivity index (χ4n) is 2.40. The largest absolute Gasteiger partial charge is 0.497 e. The summed E-state index contributed by atoms with van der Waals surface area (Å²) in [6.45, 7) is 2.11. The van der Waals surface area contributed by atoms with E-state index in [4.69, 9.17) is 4.74 Å². The Morgan fingerprint density at radius 3 is 3.00 bits per heavy atom. The minimum Gasteiger partial charge on any atom is -0.497 e. The molecule has 0 amide bonds. The quantitative estimate of drug-likeness (QED) is 0.834. The van der Waals surface area contributed by atoms with Gasteiger partial charge in [0.05, 0.1) is 7.11 Å². The molecule has 1 N–H and O–H groups in total. The van der Waals surface area contributed by atoms with Crippen molar-refractivity contribution in [3.8, 4) is 5.75 Å². The second-order valence-electron chi connectivity index (χ2n) is 4.37. The average molecular weight is 220 g/mol. The molecular formula is C13H20N2O. The van der Waals surface area contributed by atoms with Crippen LogP contribution in [0.25, 0.3) is 0 Å². The summed E-state index contributed by atoms with van der Waals surface area (Å²) in [7, 11) is 5.92. The summed E-state index contributed by atoms with van der Waals surface area (Å²) in [5, 5.41) is 3.26. The zero-order chi connectivity index (χ0) is 11.5. The molecule has 0 radical (unpaired) electrons. The number of benzene rings is 1. The van der Waals surface area contributed by atoms with Crippen LogP contribution in [0.5, 0.6) is 5.75 Å². The maximum absolute atomic E-state index is 5.27. The van der Waals surface area contributed by atoms with Crippen molar-refractivity contribution >= 4 is 0 Å². The van der Waals surface area contributed by atoms with Gasteiger partial charge in [0.1, 0.15) is 5.75 Å². The highest BCUT2D eigenvalue weighted by molar-refractivity contribution is 5.39. The van der Waals surface area contributed by atoms with Crippen LogP contribution >= 0.6 is 0 Å². The van der Waals surface area contributed by atoms with Gasteiger partial charge in [0.2, 0.25) is 0 Å². The van der Waals surface area contributed by atoms with Gasteiger partial charge in [-0.15, -0.1) is 0 Å². The molecule has 0 spiro atoms. The molecule has 1 aliphatic rings. The van der Waals surface area contributed by atoms with Crippen molar-refractivity contribution in [2.75, 3.05) is 34.3 Å². The third-order valence-corrected chi connectivity index (χ3v) is 3.37. The Hall–Kier alpha value is -1.06. The molecule has 2 rings (SSSR count). The van der Waals surface area contributed by atoms with Crippen molar-refractivity contribution < 1.29 is 4.74 Å². The predicted molar refractivity (Wildman–Crippen MR) is 66.0 cm³/mol. The number of hydrogen-bond donors (Lipinski definition) is 1. The van der Waals surface area contributed by atoms with E-state index in [0.717, 1.165) is 25.3 Å². The summed E-state index contributed by atoms with van der Waals surface area (Å²) in [6.07, 6.45) is 1.11. The first-order valence-electron chi connectivity index (χ1n) is 5.78. The van der Waals surface area contributed by atoms with Crippen LogP contribution in [0.4, 0.5) is 0 Å². The van der Waals surface area contributed by atoms with E-state index in [0.29, 0.717) is 6.04 Å². The number of fused-ring (bicyclic) bond motifs is 1. The number of nitrogens with zero attached hydrogens (tertiary/aromatic N) is 1. The predicted octanol–water partition coefficient (Wildman–Crippen LogP) is 1.44. The summed E-state index contributed by atoms with van der Waals surface area (Å²) in [4.78, 5) is 2.41. The van der Waals surface area contributed by atoms with E-state index < -0.39 is 0 Å². The molecule has 1 aliphatic heterocycles. The van der Waals surface area contributed by atoms with Crippen molar-refractivity contribution in [1.82, 2.24) is 10.2 Å². The summed E-state index contributed by atoms with van der Waals surface area (Å²) in [5.41, 5.74) is 2.86. The topological polar surface area (TPSA) is 24.5 Å². The Bertz CT molecular complexity index is 365. The van der Waals surface area contributed by atoms with Gasteiger partial charge in [0.25, 0.3) is 0 Å². The Kier molecular flexibility index (Phi) is 3.46. The molecule has 0 saturated carbocycles. The van der Waals surface area contributed by atoms with Gasteiger partial charge in [-0.05, 0) is 43.8 Å². The fourth-order valence-corrected chi connectivity index (χ4v) is 2.40. The summed E-state index contributed by atoms with van der Waals surface area (Å²) < 4.78 is 5.27. The minimum absolute atomic E-state index is 0.486. The van der Waals surface area contributed by atoms with E-state index in [1.807, 2.05) is 7.05 Å². The number of ether oxygens (including phenoxy) is 1. The molecule has 0 aliphatic carbocycles. The van der Waals surface area contributed by atoms with Gasteiger partial charge in [-0.3, -0.25) is 4.90 Å². The third kappa shape index (κ3) is 2.06. The molecule has 3 nitrogen and oxygen atoms in total. The average Bonchev–Trinajstić information content (AvgIpc) is 2.32. The lowest BCUT2D eigenvalue weighted by Gasteiger charge is -2.34. The van der Waals surface area contributed by atoms with Crippen LogP contribution in [0.2, 0.25) is 0 Å². The van der Waals surface area contributed by atoms with Crippen molar-refractivity contribution in [2.24, 2.45) is 0 Å². The van der Waals surface area contributed by atoms with E-state index in [1.54, 1.807) is 7.11 Å². The van der Waals surface area contributed by atoms with Gasteiger partial charge in [-0.2, -0.15) is 0 Å². The SMILES string of the molecule is CNCC1c2ccc(OC)cc2CCN1C. The Morgan fingerprint density at radius 2 is 2.31 bits per heavy atom. The first-order valence-corrected chi connectivity index (χ1v) is 5.78. The number of hydrogen-bond acceptors (Lipinski definition) is 3. The minimum atomic E-state index is 0.486. The lowest BCUT2D eigenvalue weighted by atomic mass is 9.92. The van der Waals surface area contributed by atoms with Gasteiger partial charge in [0, 0.05) is 19.1 Å². The molecule has 0 aromatic heterocycles. The third-order valence-electron chi connectivity index (χ3n) is 3.37. The maximum atomic E-state index is 5.27. The molecule has 1 heterocycles. The molecule has 16 heavy (non-hydrogen) atoms. The zero-order valence-electron chi connectivity index (χ0n) is 10.3. The summed E-state index contributed by atoms with van der Waals surface area (Å²) >= 11 is 0. The highest BCUT2D eigenvalue weighted by Gasteiger charge is 2.24. The Balaban J connectivity index is 2.32.